The van der Waals surface area contributed by atoms with Crippen LogP contribution in [0.5, 0.6) is 0 Å². The lowest BCUT2D eigenvalue weighted by molar-refractivity contribution is 0.557. The summed E-state index contributed by atoms with van der Waals surface area (Å²) in [5.74, 6) is 1.04. The van der Waals surface area contributed by atoms with Crippen molar-refractivity contribution >= 4 is 9.84 Å². The second kappa shape index (κ2) is 5.21. The molecule has 0 saturated heterocycles. The highest BCUT2D eigenvalue weighted by Crippen LogP contribution is 2.26. The maximum absolute atomic E-state index is 12.0. The predicted octanol–water partition coefficient (Wildman–Crippen LogP) is 1.57. The molecule has 0 unspecified atom stereocenters. The average Bonchev–Trinajstić information content (AvgIpc) is 2.87. The van der Waals surface area contributed by atoms with Crippen LogP contribution in [0.15, 0.2) is 12.3 Å². The minimum Gasteiger partial charge on any atom is -0.273 e. The van der Waals surface area contributed by atoms with E-state index in [0.717, 1.165) is 18.5 Å². The second-order valence-electron chi connectivity index (χ2n) is 4.96. The fourth-order valence-electron chi connectivity index (χ4n) is 2.53. The molecule has 0 N–H and O–H groups in total. The monoisotopic (exact) mass is 256 g/mol. The SMILES string of the molecule is Cn1nccc1CCS(=O)(=O)CC1CCCC1. The molecule has 1 aromatic rings. The predicted molar refractivity (Wildman–Crippen MR) is 67.5 cm³/mol. The molecule has 1 aliphatic rings. The lowest BCUT2D eigenvalue weighted by Crippen LogP contribution is -2.19. The van der Waals surface area contributed by atoms with Crippen LogP contribution in [0.4, 0.5) is 0 Å². The number of aromatic nitrogens is 2. The Hall–Kier alpha value is -0.840. The minimum absolute atomic E-state index is 0.253. The molecule has 0 aromatic carbocycles. The zero-order valence-corrected chi connectivity index (χ0v) is 11.1. The Morgan fingerprint density at radius 1 is 1.41 bits per heavy atom. The fourth-order valence-corrected chi connectivity index (χ4v) is 4.26. The van der Waals surface area contributed by atoms with Crippen molar-refractivity contribution in [3.63, 3.8) is 0 Å². The highest BCUT2D eigenvalue weighted by molar-refractivity contribution is 7.91. The first-order chi connectivity index (χ1) is 8.07. The summed E-state index contributed by atoms with van der Waals surface area (Å²) in [5, 5.41) is 4.04. The van der Waals surface area contributed by atoms with Gasteiger partial charge in [0.25, 0.3) is 0 Å². The second-order valence-corrected chi connectivity index (χ2v) is 7.19. The highest BCUT2D eigenvalue weighted by atomic mass is 32.2. The summed E-state index contributed by atoms with van der Waals surface area (Å²) in [6.45, 7) is 0. The molecule has 0 bridgehead atoms. The maximum Gasteiger partial charge on any atom is 0.150 e. The quantitative estimate of drug-likeness (QED) is 0.803. The van der Waals surface area contributed by atoms with Crippen LogP contribution < -0.4 is 0 Å². The van der Waals surface area contributed by atoms with E-state index in [1.807, 2.05) is 13.1 Å². The topological polar surface area (TPSA) is 52.0 Å². The van der Waals surface area contributed by atoms with Crippen LogP contribution in [0.25, 0.3) is 0 Å². The normalized spacial score (nSPS) is 17.7. The van der Waals surface area contributed by atoms with Crippen molar-refractivity contribution in [1.29, 1.82) is 0 Å². The third-order valence-electron chi connectivity index (χ3n) is 3.56. The lowest BCUT2D eigenvalue weighted by atomic mass is 10.1. The Morgan fingerprint density at radius 2 is 2.12 bits per heavy atom. The van der Waals surface area contributed by atoms with Crippen molar-refractivity contribution < 1.29 is 8.42 Å². The zero-order chi connectivity index (χ0) is 12.3. The Balaban J connectivity index is 1.87. The van der Waals surface area contributed by atoms with Gasteiger partial charge in [0.2, 0.25) is 0 Å². The van der Waals surface area contributed by atoms with E-state index in [2.05, 4.69) is 5.10 Å². The first-order valence-electron chi connectivity index (χ1n) is 6.24. The molecule has 96 valence electrons. The smallest absolute Gasteiger partial charge is 0.150 e. The van der Waals surface area contributed by atoms with Gasteiger partial charge < -0.3 is 0 Å². The summed E-state index contributed by atoms with van der Waals surface area (Å²) in [4.78, 5) is 0. The molecule has 5 heteroatoms. The van der Waals surface area contributed by atoms with Gasteiger partial charge in [-0.1, -0.05) is 12.8 Å². The Bertz CT molecular complexity index is 459. The molecule has 1 saturated carbocycles. The van der Waals surface area contributed by atoms with Crippen LogP contribution in [0.2, 0.25) is 0 Å². The molecular formula is C12H20N2O2S. The van der Waals surface area contributed by atoms with E-state index in [1.54, 1.807) is 10.9 Å². The third kappa shape index (κ3) is 3.56. The molecule has 17 heavy (non-hydrogen) atoms. The number of sulfone groups is 1. The summed E-state index contributed by atoms with van der Waals surface area (Å²) in [5.41, 5.74) is 0.986. The summed E-state index contributed by atoms with van der Waals surface area (Å²) in [6.07, 6.45) is 6.85. The van der Waals surface area contributed by atoms with Gasteiger partial charge in [0, 0.05) is 25.4 Å². The van der Waals surface area contributed by atoms with Gasteiger partial charge in [-0.2, -0.15) is 5.10 Å². The first-order valence-corrected chi connectivity index (χ1v) is 8.06. The summed E-state index contributed by atoms with van der Waals surface area (Å²) < 4.78 is 25.7. The third-order valence-corrected chi connectivity index (χ3v) is 5.36. The van der Waals surface area contributed by atoms with Gasteiger partial charge in [0.05, 0.1) is 11.5 Å². The van der Waals surface area contributed by atoms with E-state index in [4.69, 9.17) is 0 Å². The molecule has 0 amide bonds. The molecule has 0 atom stereocenters. The molecule has 1 fully saturated rings. The molecule has 0 aliphatic heterocycles. The number of nitrogens with zero attached hydrogens (tertiary/aromatic N) is 2. The van der Waals surface area contributed by atoms with Gasteiger partial charge in [-0.05, 0) is 24.8 Å². The fraction of sp³-hybridized carbons (Fsp3) is 0.750. The van der Waals surface area contributed by atoms with Gasteiger partial charge in [-0.25, -0.2) is 8.42 Å². The van der Waals surface area contributed by atoms with Crippen LogP contribution in [-0.2, 0) is 23.3 Å². The highest BCUT2D eigenvalue weighted by Gasteiger charge is 2.22. The Morgan fingerprint density at radius 3 is 2.71 bits per heavy atom. The standard InChI is InChI=1S/C12H20N2O2S/c1-14-12(6-8-13-14)7-9-17(15,16)10-11-4-2-3-5-11/h6,8,11H,2-5,7,9-10H2,1H3. The van der Waals surface area contributed by atoms with Crippen LogP contribution >= 0.6 is 0 Å². The van der Waals surface area contributed by atoms with Crippen LogP contribution in [0.3, 0.4) is 0 Å². The minimum atomic E-state index is -2.90. The molecule has 4 nitrogen and oxygen atoms in total. The van der Waals surface area contributed by atoms with Crippen molar-refractivity contribution in [2.45, 2.75) is 32.1 Å². The van der Waals surface area contributed by atoms with Crippen molar-refractivity contribution in [2.24, 2.45) is 13.0 Å². The van der Waals surface area contributed by atoms with Gasteiger partial charge in [-0.3, -0.25) is 4.68 Å². The zero-order valence-electron chi connectivity index (χ0n) is 10.3. The van der Waals surface area contributed by atoms with Crippen molar-refractivity contribution in [1.82, 2.24) is 9.78 Å². The van der Waals surface area contributed by atoms with Gasteiger partial charge in [-0.15, -0.1) is 0 Å². The molecule has 1 heterocycles. The van der Waals surface area contributed by atoms with E-state index < -0.39 is 9.84 Å². The summed E-state index contributed by atoms with van der Waals surface area (Å²) in [6, 6.07) is 1.88. The van der Waals surface area contributed by atoms with Crippen LogP contribution in [0.1, 0.15) is 31.4 Å². The maximum atomic E-state index is 12.0. The largest absolute Gasteiger partial charge is 0.273 e. The van der Waals surface area contributed by atoms with Crippen molar-refractivity contribution in [3.8, 4) is 0 Å². The van der Waals surface area contributed by atoms with Gasteiger partial charge >= 0.3 is 0 Å². The number of rotatable bonds is 5. The molecule has 0 radical (unpaired) electrons. The first kappa shape index (κ1) is 12.6. The van der Waals surface area contributed by atoms with E-state index in [-0.39, 0.29) is 5.75 Å². The van der Waals surface area contributed by atoms with Crippen molar-refractivity contribution in [3.05, 3.63) is 18.0 Å². The van der Waals surface area contributed by atoms with E-state index in [1.165, 1.54) is 12.8 Å². The summed E-state index contributed by atoms with van der Waals surface area (Å²) in [7, 11) is -1.05. The van der Waals surface area contributed by atoms with Crippen LogP contribution in [-0.4, -0.2) is 29.7 Å². The Labute approximate surface area is 103 Å². The Kier molecular flexibility index (Phi) is 3.86. The molecule has 0 spiro atoms. The summed E-state index contributed by atoms with van der Waals surface area (Å²) >= 11 is 0. The average molecular weight is 256 g/mol. The number of hydrogen-bond acceptors (Lipinski definition) is 3. The van der Waals surface area contributed by atoms with E-state index >= 15 is 0 Å². The van der Waals surface area contributed by atoms with Gasteiger partial charge in [0.15, 0.2) is 9.84 Å². The van der Waals surface area contributed by atoms with Crippen molar-refractivity contribution in [2.75, 3.05) is 11.5 Å². The number of aryl methyl sites for hydroxylation is 2. The van der Waals surface area contributed by atoms with Crippen LogP contribution in [0, 0.1) is 5.92 Å². The lowest BCUT2D eigenvalue weighted by Gasteiger charge is -2.09. The molecule has 1 aromatic heterocycles. The molecule has 2 rings (SSSR count). The van der Waals surface area contributed by atoms with E-state index in [9.17, 15) is 8.42 Å². The van der Waals surface area contributed by atoms with Gasteiger partial charge in [0.1, 0.15) is 0 Å². The van der Waals surface area contributed by atoms with E-state index in [0.29, 0.717) is 18.1 Å². The molecule has 1 aliphatic carbocycles. The number of hydrogen-bond donors (Lipinski definition) is 0. The molecular weight excluding hydrogens is 236 g/mol.